The zero-order chi connectivity index (χ0) is 12.5. The van der Waals surface area contributed by atoms with E-state index in [9.17, 15) is 0 Å². The maximum atomic E-state index is 6.16. The quantitative estimate of drug-likeness (QED) is 0.745. The smallest absolute Gasteiger partial charge is 0.159 e. The molecule has 0 amide bonds. The molecule has 0 spiro atoms. The molecule has 0 N–H and O–H groups in total. The van der Waals surface area contributed by atoms with Gasteiger partial charge in [-0.25, -0.2) is 0 Å². The van der Waals surface area contributed by atoms with Gasteiger partial charge in [0.15, 0.2) is 0 Å². The van der Waals surface area contributed by atoms with Gasteiger partial charge in [0, 0.05) is 0 Å². The first kappa shape index (κ1) is 12.2. The van der Waals surface area contributed by atoms with Gasteiger partial charge in [0.25, 0.3) is 0 Å². The second kappa shape index (κ2) is 5.00. The normalized spacial score (nSPS) is 14.4. The summed E-state index contributed by atoms with van der Waals surface area (Å²) >= 11 is 1.59. The monoisotopic (exact) mass is 275 g/mol. The minimum atomic E-state index is -0.245. The van der Waals surface area contributed by atoms with Crippen molar-refractivity contribution in [3.8, 4) is 0 Å². The molecule has 2 aromatic rings. The predicted octanol–water partition coefficient (Wildman–Crippen LogP) is 4.53. The molecule has 0 unspecified atom stereocenters. The van der Waals surface area contributed by atoms with Crippen molar-refractivity contribution in [1.29, 1.82) is 0 Å². The first-order valence-corrected chi connectivity index (χ1v) is 7.99. The van der Waals surface area contributed by atoms with E-state index in [2.05, 4.69) is 62.4 Å². The average Bonchev–Trinajstić information content (AvgIpc) is 2.38. The third-order valence-corrected chi connectivity index (χ3v) is 6.10. The molecule has 0 aromatic heterocycles. The Morgan fingerprint density at radius 1 is 0.889 bits per heavy atom. The molecular formula is C15H15OS2+. The van der Waals surface area contributed by atoms with Gasteiger partial charge in [-0.2, -0.15) is 4.18 Å². The third kappa shape index (κ3) is 2.18. The van der Waals surface area contributed by atoms with E-state index >= 15 is 0 Å². The number of hydrogen-bond donors (Lipinski definition) is 0. The third-order valence-electron chi connectivity index (χ3n) is 2.61. The highest BCUT2D eigenvalue weighted by Gasteiger charge is 2.38. The Bertz CT molecular complexity index is 520. The van der Waals surface area contributed by atoms with E-state index < -0.39 is 0 Å². The van der Waals surface area contributed by atoms with Crippen molar-refractivity contribution in [2.45, 2.75) is 39.5 Å². The van der Waals surface area contributed by atoms with Crippen molar-refractivity contribution in [3.05, 3.63) is 48.5 Å². The van der Waals surface area contributed by atoms with Gasteiger partial charge >= 0.3 is 0 Å². The van der Waals surface area contributed by atoms with Gasteiger partial charge in [-0.3, -0.25) is 0 Å². The van der Waals surface area contributed by atoms with Crippen molar-refractivity contribution >= 4 is 22.9 Å². The molecular weight excluding hydrogens is 260 g/mol. The highest BCUT2D eigenvalue weighted by atomic mass is 32.2. The van der Waals surface area contributed by atoms with Crippen LogP contribution in [0.3, 0.4) is 0 Å². The lowest BCUT2D eigenvalue weighted by molar-refractivity contribution is 0.277. The summed E-state index contributed by atoms with van der Waals surface area (Å²) in [6, 6.07) is 17.1. The van der Waals surface area contributed by atoms with E-state index in [1.165, 1.54) is 19.6 Å². The van der Waals surface area contributed by atoms with Crippen molar-refractivity contribution in [1.82, 2.24) is 0 Å². The molecule has 1 aliphatic heterocycles. The molecule has 0 bridgehead atoms. The molecule has 0 saturated carbocycles. The van der Waals surface area contributed by atoms with Crippen molar-refractivity contribution in [2.75, 3.05) is 0 Å². The summed E-state index contributed by atoms with van der Waals surface area (Å²) in [5, 5.41) is 0. The van der Waals surface area contributed by atoms with Gasteiger partial charge in [-0.15, -0.1) is 0 Å². The summed E-state index contributed by atoms with van der Waals surface area (Å²) < 4.78 is 6.16. The first-order valence-electron chi connectivity index (χ1n) is 6.03. The molecule has 0 fully saturated rings. The first-order chi connectivity index (χ1) is 8.75. The lowest BCUT2D eigenvalue weighted by atomic mass is 10.3. The largest absolute Gasteiger partial charge is 0.225 e. The Balaban J connectivity index is 2.11. The predicted molar refractivity (Wildman–Crippen MR) is 77.1 cm³/mol. The van der Waals surface area contributed by atoms with Crippen LogP contribution in [0.5, 0.6) is 0 Å². The number of fused-ring (bicyclic) bond motifs is 2. The standard InChI is InChI=1S/C15H15OS2/c1-11(2)16-18-14-9-5-3-7-12(14)17-13-8-4-6-10-15(13)18/h3-11H,1-2H3/q+1. The fraction of sp³-hybridized carbons (Fsp3) is 0.200. The topological polar surface area (TPSA) is 9.23 Å². The number of benzene rings is 2. The van der Waals surface area contributed by atoms with Gasteiger partial charge in [0.2, 0.25) is 21.0 Å². The molecule has 92 valence electrons. The molecule has 3 heteroatoms. The van der Waals surface area contributed by atoms with Crippen LogP contribution < -0.4 is 0 Å². The number of rotatable bonds is 2. The molecule has 2 aromatic carbocycles. The van der Waals surface area contributed by atoms with Crippen molar-refractivity contribution in [3.63, 3.8) is 0 Å². The summed E-state index contributed by atoms with van der Waals surface area (Å²) in [6.07, 6.45) is 0.234. The fourth-order valence-electron chi connectivity index (χ4n) is 1.91. The molecule has 0 saturated heterocycles. The van der Waals surface area contributed by atoms with Gasteiger partial charge in [-0.05, 0) is 38.1 Å². The maximum absolute atomic E-state index is 6.16. The molecule has 1 aliphatic rings. The van der Waals surface area contributed by atoms with E-state index in [1.807, 2.05) is 11.8 Å². The molecule has 0 radical (unpaired) electrons. The molecule has 3 rings (SSSR count). The summed E-state index contributed by atoms with van der Waals surface area (Å²) in [5.74, 6) is 0. The van der Waals surface area contributed by atoms with Gasteiger partial charge in [0.05, 0.1) is 9.79 Å². The van der Waals surface area contributed by atoms with Gasteiger partial charge < -0.3 is 0 Å². The molecule has 1 heterocycles. The lowest BCUT2D eigenvalue weighted by Gasteiger charge is -2.18. The van der Waals surface area contributed by atoms with Crippen LogP contribution >= 0.6 is 11.8 Å². The highest BCUT2D eigenvalue weighted by Crippen LogP contribution is 2.45. The Labute approximate surface area is 115 Å². The molecule has 0 aliphatic carbocycles. The summed E-state index contributed by atoms with van der Waals surface area (Å²) in [5.41, 5.74) is 0. The summed E-state index contributed by atoms with van der Waals surface area (Å²) in [6.45, 7) is 4.19. The molecule has 1 nitrogen and oxygen atoms in total. The van der Waals surface area contributed by atoms with Crippen molar-refractivity contribution in [2.24, 2.45) is 0 Å². The van der Waals surface area contributed by atoms with Crippen LogP contribution in [-0.4, -0.2) is 6.10 Å². The maximum Gasteiger partial charge on any atom is 0.225 e. The highest BCUT2D eigenvalue weighted by molar-refractivity contribution is 8.02. The minimum absolute atomic E-state index is 0.234. The molecule has 18 heavy (non-hydrogen) atoms. The van der Waals surface area contributed by atoms with Crippen LogP contribution in [0.25, 0.3) is 0 Å². The van der Waals surface area contributed by atoms with Crippen LogP contribution in [0, 0.1) is 0 Å². The SMILES string of the molecule is CC(C)O[S+]1c2ccccc2Sc2ccccc21. The number of hydrogen-bond acceptors (Lipinski definition) is 2. The fourth-order valence-corrected chi connectivity index (χ4v) is 5.21. The van der Waals surface area contributed by atoms with Gasteiger partial charge in [-0.1, -0.05) is 36.0 Å². The van der Waals surface area contributed by atoms with E-state index in [-0.39, 0.29) is 17.3 Å². The Hall–Kier alpha value is -0.900. The van der Waals surface area contributed by atoms with E-state index in [0.29, 0.717) is 0 Å². The van der Waals surface area contributed by atoms with E-state index in [0.717, 1.165) is 0 Å². The van der Waals surface area contributed by atoms with Crippen LogP contribution in [0.1, 0.15) is 13.8 Å². The minimum Gasteiger partial charge on any atom is -0.159 e. The summed E-state index contributed by atoms with van der Waals surface area (Å²) in [4.78, 5) is 5.27. The van der Waals surface area contributed by atoms with Gasteiger partial charge in [0.1, 0.15) is 6.10 Å². The second-order valence-corrected chi connectivity index (χ2v) is 7.10. The van der Waals surface area contributed by atoms with Crippen LogP contribution in [0.2, 0.25) is 0 Å². The van der Waals surface area contributed by atoms with E-state index in [4.69, 9.17) is 4.18 Å². The van der Waals surface area contributed by atoms with E-state index in [1.54, 1.807) is 0 Å². The second-order valence-electron chi connectivity index (χ2n) is 4.41. The zero-order valence-corrected chi connectivity index (χ0v) is 12.1. The Morgan fingerprint density at radius 2 is 1.39 bits per heavy atom. The Morgan fingerprint density at radius 3 is 1.89 bits per heavy atom. The summed E-state index contributed by atoms with van der Waals surface area (Å²) in [7, 11) is 0. The van der Waals surface area contributed by atoms with Crippen LogP contribution in [-0.2, 0) is 15.4 Å². The van der Waals surface area contributed by atoms with Crippen molar-refractivity contribution < 1.29 is 4.18 Å². The zero-order valence-electron chi connectivity index (χ0n) is 10.4. The van der Waals surface area contributed by atoms with Crippen LogP contribution in [0.4, 0.5) is 0 Å². The van der Waals surface area contributed by atoms with Crippen LogP contribution in [0.15, 0.2) is 68.1 Å². The average molecular weight is 275 g/mol. The Kier molecular flexibility index (Phi) is 3.37. The molecule has 0 atom stereocenters. The lowest BCUT2D eigenvalue weighted by Crippen LogP contribution is -2.17.